The molecule has 0 radical (unpaired) electrons. The van der Waals surface area contributed by atoms with Gasteiger partial charge in [0.1, 0.15) is 17.3 Å². The Labute approximate surface area is 212 Å². The Balaban J connectivity index is 1.15. The van der Waals surface area contributed by atoms with E-state index in [4.69, 9.17) is 4.74 Å². The highest BCUT2D eigenvalue weighted by atomic mass is 32.2. The summed E-state index contributed by atoms with van der Waals surface area (Å²) in [6, 6.07) is 9.88. The zero-order valence-corrected chi connectivity index (χ0v) is 20.5. The van der Waals surface area contributed by atoms with Gasteiger partial charge >= 0.3 is 5.97 Å². The van der Waals surface area contributed by atoms with Gasteiger partial charge in [0.15, 0.2) is 6.61 Å². The van der Waals surface area contributed by atoms with E-state index >= 15 is 0 Å². The van der Waals surface area contributed by atoms with Crippen LogP contribution in [0, 0.1) is 29.4 Å². The molecule has 4 aliphatic carbocycles. The van der Waals surface area contributed by atoms with Gasteiger partial charge in [-0.15, -0.1) is 11.8 Å². The minimum atomic E-state index is -0.928. The van der Waals surface area contributed by atoms with Crippen LogP contribution in [0.2, 0.25) is 0 Å². The molecule has 36 heavy (non-hydrogen) atoms. The summed E-state index contributed by atoms with van der Waals surface area (Å²) in [5, 5.41) is 5.40. The molecule has 2 aromatic rings. The van der Waals surface area contributed by atoms with Crippen LogP contribution in [0.25, 0.3) is 0 Å². The molecule has 0 spiro atoms. The van der Waals surface area contributed by atoms with Gasteiger partial charge in [0, 0.05) is 10.4 Å². The fourth-order valence-electron chi connectivity index (χ4n) is 6.50. The summed E-state index contributed by atoms with van der Waals surface area (Å²) in [7, 11) is 0. The van der Waals surface area contributed by atoms with Crippen LogP contribution in [0.4, 0.5) is 14.5 Å². The van der Waals surface area contributed by atoms with Gasteiger partial charge in [0.05, 0.1) is 11.3 Å². The summed E-state index contributed by atoms with van der Waals surface area (Å²) in [4.78, 5) is 38.1. The van der Waals surface area contributed by atoms with Crippen LogP contribution in [0.3, 0.4) is 0 Å². The monoisotopic (exact) mass is 514 g/mol. The molecule has 0 aromatic heterocycles. The zero-order valence-electron chi connectivity index (χ0n) is 19.7. The molecule has 6 nitrogen and oxygen atoms in total. The number of carbonyl (C=O) groups excluding carboxylic acids is 3. The second kappa shape index (κ2) is 10.2. The molecular weight excluding hydrogens is 486 g/mol. The second-order valence-electron chi connectivity index (χ2n) is 10.3. The van der Waals surface area contributed by atoms with Crippen molar-refractivity contribution in [3.63, 3.8) is 0 Å². The maximum atomic E-state index is 13.7. The molecule has 4 fully saturated rings. The normalized spacial score (nSPS) is 25.9. The van der Waals surface area contributed by atoms with Crippen LogP contribution in [0.15, 0.2) is 47.4 Å². The van der Waals surface area contributed by atoms with E-state index in [-0.39, 0.29) is 22.8 Å². The largest absolute Gasteiger partial charge is 0.452 e. The van der Waals surface area contributed by atoms with Crippen LogP contribution < -0.4 is 10.6 Å². The van der Waals surface area contributed by atoms with E-state index in [0.717, 1.165) is 49.1 Å². The average Bonchev–Trinajstić information content (AvgIpc) is 2.82. The molecular formula is C27H28F2N2O4S. The van der Waals surface area contributed by atoms with Gasteiger partial charge in [-0.3, -0.25) is 9.59 Å². The van der Waals surface area contributed by atoms with Crippen molar-refractivity contribution in [2.24, 2.45) is 17.8 Å². The third-order valence-electron chi connectivity index (χ3n) is 7.47. The summed E-state index contributed by atoms with van der Waals surface area (Å²) >= 11 is 1.24. The lowest BCUT2D eigenvalue weighted by molar-refractivity contribution is -0.124. The quantitative estimate of drug-likeness (QED) is 0.385. The highest BCUT2D eigenvalue weighted by Gasteiger charge is 2.51. The van der Waals surface area contributed by atoms with Gasteiger partial charge in [-0.1, -0.05) is 18.2 Å². The number of ether oxygens (including phenoxy) is 1. The van der Waals surface area contributed by atoms with E-state index in [9.17, 15) is 23.2 Å². The molecule has 190 valence electrons. The first kappa shape index (κ1) is 24.7. The van der Waals surface area contributed by atoms with Crippen molar-refractivity contribution in [2.75, 3.05) is 17.7 Å². The van der Waals surface area contributed by atoms with Crippen molar-refractivity contribution < 1.29 is 27.9 Å². The van der Waals surface area contributed by atoms with Crippen LogP contribution >= 0.6 is 11.8 Å². The zero-order chi connectivity index (χ0) is 25.3. The maximum absolute atomic E-state index is 13.7. The molecule has 9 heteroatoms. The number of carbonyl (C=O) groups is 3. The highest BCUT2D eigenvalue weighted by Crippen LogP contribution is 2.55. The summed E-state index contributed by atoms with van der Waals surface area (Å²) in [5.74, 6) is -1.18. The third-order valence-corrected chi connectivity index (χ3v) is 8.54. The smallest absolute Gasteiger partial charge is 0.339 e. The van der Waals surface area contributed by atoms with Gasteiger partial charge in [-0.25, -0.2) is 13.6 Å². The van der Waals surface area contributed by atoms with E-state index in [1.807, 2.05) is 0 Å². The van der Waals surface area contributed by atoms with Crippen LogP contribution in [-0.2, 0) is 14.3 Å². The first-order valence-electron chi connectivity index (χ1n) is 12.2. The summed E-state index contributed by atoms with van der Waals surface area (Å²) in [5.41, 5.74) is -0.454. The molecule has 0 saturated heterocycles. The maximum Gasteiger partial charge on any atom is 0.339 e. The number of para-hydroxylation sites is 1. The number of amides is 2. The molecule has 4 saturated carbocycles. The Bertz CT molecular complexity index is 1130. The minimum absolute atomic E-state index is 0.0450. The number of thioether (sulfide) groups is 1. The number of esters is 1. The van der Waals surface area contributed by atoms with Gasteiger partial charge in [0.2, 0.25) is 5.91 Å². The number of hydrogen-bond donors (Lipinski definition) is 2. The molecule has 2 N–H and O–H groups in total. The Kier molecular flexibility index (Phi) is 7.01. The van der Waals surface area contributed by atoms with Gasteiger partial charge in [0.25, 0.3) is 5.91 Å². The van der Waals surface area contributed by atoms with E-state index in [1.165, 1.54) is 37.1 Å². The topological polar surface area (TPSA) is 84.5 Å². The summed E-state index contributed by atoms with van der Waals surface area (Å²) < 4.78 is 32.5. The molecule has 4 aliphatic rings. The van der Waals surface area contributed by atoms with Crippen molar-refractivity contribution in [1.82, 2.24) is 5.32 Å². The van der Waals surface area contributed by atoms with E-state index < -0.39 is 35.8 Å². The third kappa shape index (κ3) is 5.40. The molecule has 6 rings (SSSR count). The number of nitrogens with one attached hydrogen (secondary N) is 2. The average molecular weight is 515 g/mol. The molecule has 0 heterocycles. The fourth-order valence-corrected chi connectivity index (χ4v) is 7.34. The number of benzene rings is 2. The van der Waals surface area contributed by atoms with Crippen molar-refractivity contribution in [2.45, 2.75) is 49.0 Å². The first-order valence-corrected chi connectivity index (χ1v) is 13.2. The molecule has 2 amide bonds. The molecule has 0 atom stereocenters. The van der Waals surface area contributed by atoms with Gasteiger partial charge in [-0.05, 0) is 80.5 Å². The standard InChI is InChI=1S/C27H28F2N2O4S/c28-20-5-3-6-21(29)25(20)30-23(32)14-35-26(34)19-4-1-2-7-22(19)36-15-24(33)31-27-11-16-8-17(12-27)10-18(9-16)13-27/h1-7,16-18H,8-15H2,(H,30,32)(H,31,33). The van der Waals surface area contributed by atoms with Crippen molar-refractivity contribution in [1.29, 1.82) is 0 Å². The fraction of sp³-hybridized carbons (Fsp3) is 0.444. The van der Waals surface area contributed by atoms with Crippen LogP contribution in [0.5, 0.6) is 0 Å². The van der Waals surface area contributed by atoms with Gasteiger partial charge in [-0.2, -0.15) is 0 Å². The van der Waals surface area contributed by atoms with Crippen LogP contribution in [-0.4, -0.2) is 35.7 Å². The van der Waals surface area contributed by atoms with E-state index in [1.54, 1.807) is 24.3 Å². The van der Waals surface area contributed by atoms with E-state index in [0.29, 0.717) is 4.90 Å². The number of anilines is 1. The molecule has 2 aromatic carbocycles. The minimum Gasteiger partial charge on any atom is -0.452 e. The predicted octanol–water partition coefficient (Wildman–Crippen LogP) is 4.94. The van der Waals surface area contributed by atoms with E-state index in [2.05, 4.69) is 10.6 Å². The Morgan fingerprint density at radius 1 is 0.889 bits per heavy atom. The van der Waals surface area contributed by atoms with Crippen molar-refractivity contribution in [3.05, 3.63) is 59.7 Å². The molecule has 0 unspecified atom stereocenters. The predicted molar refractivity (Wildman–Crippen MR) is 131 cm³/mol. The number of hydrogen-bond acceptors (Lipinski definition) is 5. The molecule has 4 bridgehead atoms. The lowest BCUT2D eigenvalue weighted by atomic mass is 9.53. The first-order chi connectivity index (χ1) is 17.3. The number of rotatable bonds is 8. The Morgan fingerprint density at radius 3 is 2.14 bits per heavy atom. The Hall–Kier alpha value is -2.94. The van der Waals surface area contributed by atoms with Crippen molar-refractivity contribution >= 4 is 35.2 Å². The summed E-state index contributed by atoms with van der Waals surface area (Å²) in [6.07, 6.45) is 7.09. The Morgan fingerprint density at radius 2 is 1.50 bits per heavy atom. The highest BCUT2D eigenvalue weighted by molar-refractivity contribution is 8.00. The SMILES string of the molecule is O=C(COC(=O)c1ccccc1SCC(=O)NC12CC3CC(CC(C3)C1)C2)Nc1c(F)cccc1F. The second-order valence-corrected chi connectivity index (χ2v) is 11.3. The van der Waals surface area contributed by atoms with Gasteiger partial charge < -0.3 is 15.4 Å². The van der Waals surface area contributed by atoms with Crippen LogP contribution in [0.1, 0.15) is 48.9 Å². The lowest BCUT2D eigenvalue weighted by Gasteiger charge is -2.56. The van der Waals surface area contributed by atoms with Crippen molar-refractivity contribution in [3.8, 4) is 0 Å². The lowest BCUT2D eigenvalue weighted by Crippen LogP contribution is -2.60. The molecule has 0 aliphatic heterocycles. The number of halogens is 2. The summed E-state index contributed by atoms with van der Waals surface area (Å²) in [6.45, 7) is -0.710.